The van der Waals surface area contributed by atoms with Gasteiger partial charge in [0.25, 0.3) is 0 Å². The Labute approximate surface area is 207 Å². The molecule has 0 aromatic heterocycles. The second-order valence-corrected chi connectivity index (χ2v) is 11.1. The van der Waals surface area contributed by atoms with Crippen LogP contribution in [0.5, 0.6) is 0 Å². The topological polar surface area (TPSA) is 78.5 Å². The maximum absolute atomic E-state index is 13.4. The second-order valence-electron chi connectivity index (χ2n) is 9.00. The monoisotopic (exact) mass is 529 g/mol. The van der Waals surface area contributed by atoms with E-state index in [1.54, 1.807) is 0 Å². The van der Waals surface area contributed by atoms with E-state index in [1.807, 2.05) is 29.2 Å². The number of nitrogens with zero attached hydrogens (tertiary/aromatic N) is 1. The lowest BCUT2D eigenvalue weighted by atomic mass is 9.85. The van der Waals surface area contributed by atoms with Crippen LogP contribution in [0, 0.1) is 5.92 Å². The van der Waals surface area contributed by atoms with Crippen LogP contribution in [0.4, 0.5) is 13.2 Å². The van der Waals surface area contributed by atoms with E-state index in [-0.39, 0.29) is 28.8 Å². The molecule has 0 radical (unpaired) electrons. The Morgan fingerprint density at radius 2 is 1.63 bits per heavy atom. The highest BCUT2D eigenvalue weighted by atomic mass is 35.5. The van der Waals surface area contributed by atoms with Gasteiger partial charge in [0, 0.05) is 36.6 Å². The number of hydrogen-bond donors (Lipinski definition) is 2. The van der Waals surface area contributed by atoms with Crippen LogP contribution in [0.1, 0.15) is 42.9 Å². The standard InChI is InChI=1S/C24H27ClF3N3O3S/c25-19-7-1-16(2-8-19)22-15-29-13-14-31(22)23(32)17-3-9-20(10-4-17)30-35(33,34)21-11-5-18(6-12-21)24(26,27)28/h1-2,5-8,11-12,17,20,22,29-30H,3-4,9-10,13-15H2. The third-order valence-corrected chi connectivity index (χ3v) is 8.46. The summed E-state index contributed by atoms with van der Waals surface area (Å²) in [6.07, 6.45) is -2.49. The average molecular weight is 530 g/mol. The largest absolute Gasteiger partial charge is 0.416 e. The number of rotatable bonds is 5. The molecule has 190 valence electrons. The predicted molar refractivity (Wildman–Crippen MR) is 126 cm³/mol. The number of nitrogens with one attached hydrogen (secondary N) is 2. The van der Waals surface area contributed by atoms with Gasteiger partial charge in [-0.25, -0.2) is 13.1 Å². The molecule has 2 fully saturated rings. The first-order chi connectivity index (χ1) is 16.5. The average Bonchev–Trinajstić information content (AvgIpc) is 2.84. The second kappa shape index (κ2) is 10.5. The minimum absolute atomic E-state index is 0.0653. The smallest absolute Gasteiger partial charge is 0.333 e. The van der Waals surface area contributed by atoms with Crippen LogP contribution >= 0.6 is 11.6 Å². The first-order valence-corrected chi connectivity index (χ1v) is 13.4. The molecule has 2 aromatic carbocycles. The van der Waals surface area contributed by atoms with Gasteiger partial charge in [0.1, 0.15) is 0 Å². The zero-order chi connectivity index (χ0) is 25.2. The van der Waals surface area contributed by atoms with Gasteiger partial charge in [-0.15, -0.1) is 0 Å². The number of halogens is 4. The van der Waals surface area contributed by atoms with Gasteiger partial charge in [-0.1, -0.05) is 23.7 Å². The van der Waals surface area contributed by atoms with E-state index in [0.29, 0.717) is 50.3 Å². The number of carbonyl (C=O) groups is 1. The van der Waals surface area contributed by atoms with Gasteiger partial charge < -0.3 is 10.2 Å². The Morgan fingerprint density at radius 3 is 2.23 bits per heavy atom. The fraction of sp³-hybridized carbons (Fsp3) is 0.458. The summed E-state index contributed by atoms with van der Waals surface area (Å²) >= 11 is 6.00. The zero-order valence-corrected chi connectivity index (χ0v) is 20.5. The lowest BCUT2D eigenvalue weighted by Gasteiger charge is -2.40. The van der Waals surface area contributed by atoms with Crippen molar-refractivity contribution in [3.05, 3.63) is 64.7 Å². The first-order valence-electron chi connectivity index (χ1n) is 11.5. The highest BCUT2D eigenvalue weighted by molar-refractivity contribution is 7.89. The molecular formula is C24H27ClF3N3O3S. The Bertz CT molecular complexity index is 1130. The summed E-state index contributed by atoms with van der Waals surface area (Å²) in [4.78, 5) is 15.1. The van der Waals surface area contributed by atoms with E-state index >= 15 is 0 Å². The fourth-order valence-electron chi connectivity index (χ4n) is 4.75. The summed E-state index contributed by atoms with van der Waals surface area (Å²) < 4.78 is 66.2. The van der Waals surface area contributed by atoms with E-state index in [0.717, 1.165) is 29.8 Å². The summed E-state index contributed by atoms with van der Waals surface area (Å²) in [7, 11) is -3.96. The number of piperazine rings is 1. The van der Waals surface area contributed by atoms with Gasteiger partial charge >= 0.3 is 6.18 Å². The Kier molecular flexibility index (Phi) is 7.75. The molecule has 1 amide bonds. The molecular weight excluding hydrogens is 503 g/mol. The van der Waals surface area contributed by atoms with Crippen molar-refractivity contribution >= 4 is 27.5 Å². The van der Waals surface area contributed by atoms with Gasteiger partial charge in [-0.3, -0.25) is 4.79 Å². The zero-order valence-electron chi connectivity index (χ0n) is 18.9. The fourth-order valence-corrected chi connectivity index (χ4v) is 6.19. The van der Waals surface area contributed by atoms with Gasteiger partial charge in [-0.05, 0) is 67.6 Å². The molecule has 1 unspecified atom stereocenters. The van der Waals surface area contributed by atoms with E-state index in [2.05, 4.69) is 10.0 Å². The number of amides is 1. The van der Waals surface area contributed by atoms with Crippen LogP contribution in [-0.4, -0.2) is 44.9 Å². The van der Waals surface area contributed by atoms with Crippen molar-refractivity contribution in [2.24, 2.45) is 5.92 Å². The molecule has 4 rings (SSSR count). The summed E-state index contributed by atoms with van der Waals surface area (Å²) in [6.45, 7) is 1.94. The predicted octanol–water partition coefficient (Wildman–Crippen LogP) is 4.37. The molecule has 2 aliphatic rings. The maximum Gasteiger partial charge on any atom is 0.416 e. The van der Waals surface area contributed by atoms with E-state index < -0.39 is 21.8 Å². The van der Waals surface area contributed by atoms with Crippen molar-refractivity contribution in [1.29, 1.82) is 0 Å². The third-order valence-electron chi connectivity index (χ3n) is 6.67. The van der Waals surface area contributed by atoms with E-state index in [1.165, 1.54) is 0 Å². The van der Waals surface area contributed by atoms with Gasteiger partial charge in [0.2, 0.25) is 15.9 Å². The van der Waals surface area contributed by atoms with Crippen molar-refractivity contribution in [3.63, 3.8) is 0 Å². The molecule has 6 nitrogen and oxygen atoms in total. The van der Waals surface area contributed by atoms with Gasteiger partial charge in [0.05, 0.1) is 16.5 Å². The third kappa shape index (κ3) is 6.17. The molecule has 1 aliphatic heterocycles. The van der Waals surface area contributed by atoms with Crippen LogP contribution < -0.4 is 10.0 Å². The summed E-state index contributed by atoms with van der Waals surface area (Å²) in [5.41, 5.74) is 0.105. The van der Waals surface area contributed by atoms with Crippen molar-refractivity contribution < 1.29 is 26.4 Å². The molecule has 1 atom stereocenters. The van der Waals surface area contributed by atoms with Crippen molar-refractivity contribution in [2.75, 3.05) is 19.6 Å². The van der Waals surface area contributed by atoms with Gasteiger partial charge in [-0.2, -0.15) is 13.2 Å². The lowest BCUT2D eigenvalue weighted by Crippen LogP contribution is -2.51. The minimum Gasteiger partial charge on any atom is -0.333 e. The SMILES string of the molecule is O=C(C1CCC(NS(=O)(=O)c2ccc(C(F)(F)F)cc2)CC1)N1CCNCC1c1ccc(Cl)cc1. The highest BCUT2D eigenvalue weighted by Crippen LogP contribution is 2.32. The normalized spacial score (nSPS) is 23.8. The van der Waals surface area contributed by atoms with Crippen LogP contribution in [0.2, 0.25) is 5.02 Å². The molecule has 1 saturated heterocycles. The van der Waals surface area contributed by atoms with Crippen LogP contribution in [0.15, 0.2) is 53.4 Å². The minimum atomic E-state index is -4.53. The highest BCUT2D eigenvalue weighted by Gasteiger charge is 2.36. The number of carbonyl (C=O) groups excluding carboxylic acids is 1. The number of alkyl halides is 3. The van der Waals surface area contributed by atoms with E-state index in [9.17, 15) is 26.4 Å². The number of hydrogen-bond acceptors (Lipinski definition) is 4. The molecule has 11 heteroatoms. The van der Waals surface area contributed by atoms with Gasteiger partial charge in [0.15, 0.2) is 0 Å². The van der Waals surface area contributed by atoms with Crippen LogP contribution in [0.3, 0.4) is 0 Å². The first kappa shape index (κ1) is 25.9. The molecule has 35 heavy (non-hydrogen) atoms. The van der Waals surface area contributed by atoms with Crippen molar-refractivity contribution in [1.82, 2.24) is 14.9 Å². The molecule has 1 aliphatic carbocycles. The van der Waals surface area contributed by atoms with Crippen molar-refractivity contribution in [3.8, 4) is 0 Å². The Hall–Kier alpha value is -2.14. The number of sulfonamides is 1. The Balaban J connectivity index is 1.36. The summed E-state index contributed by atoms with van der Waals surface area (Å²) in [6, 6.07) is 10.4. The quantitative estimate of drug-likeness (QED) is 0.603. The van der Waals surface area contributed by atoms with E-state index in [4.69, 9.17) is 11.6 Å². The van der Waals surface area contributed by atoms with Crippen LogP contribution in [0.25, 0.3) is 0 Å². The molecule has 2 N–H and O–H groups in total. The van der Waals surface area contributed by atoms with Crippen molar-refractivity contribution in [2.45, 2.75) is 48.8 Å². The molecule has 0 spiro atoms. The summed E-state index contributed by atoms with van der Waals surface area (Å²) in [5.74, 6) is -0.134. The maximum atomic E-state index is 13.4. The number of benzene rings is 2. The van der Waals surface area contributed by atoms with Crippen LogP contribution in [-0.2, 0) is 21.0 Å². The molecule has 1 saturated carbocycles. The molecule has 1 heterocycles. The molecule has 0 bridgehead atoms. The summed E-state index contributed by atoms with van der Waals surface area (Å²) in [5, 5.41) is 3.96. The molecule has 2 aromatic rings. The lowest BCUT2D eigenvalue weighted by molar-refractivity contribution is -0.140. The Morgan fingerprint density at radius 1 is 1.00 bits per heavy atom.